The Hall–Kier alpha value is -3.27. The fraction of sp³-hybridized carbons (Fsp3) is 0.250. The van der Waals surface area contributed by atoms with E-state index in [9.17, 15) is 27.6 Å². The number of ether oxygens (including phenoxy) is 2. The number of methoxy groups -OCH3 is 1. The average molecular weight is 459 g/mol. The van der Waals surface area contributed by atoms with E-state index >= 15 is 0 Å². The highest BCUT2D eigenvalue weighted by Gasteiger charge is 2.31. The van der Waals surface area contributed by atoms with Gasteiger partial charge in [-0.2, -0.15) is 13.2 Å². The topological polar surface area (TPSA) is 93.7 Å². The maximum Gasteiger partial charge on any atom is 0.416 e. The van der Waals surface area contributed by atoms with Gasteiger partial charge in [-0.15, -0.1) is 0 Å². The van der Waals surface area contributed by atoms with Gasteiger partial charge in [-0.25, -0.2) is 0 Å². The maximum atomic E-state index is 12.8. The largest absolute Gasteiger partial charge is 0.495 e. The highest BCUT2D eigenvalue weighted by atomic mass is 35.5. The number of halogens is 4. The molecular weight excluding hydrogens is 441 g/mol. The number of hydrogen-bond donors (Lipinski definition) is 2. The van der Waals surface area contributed by atoms with Crippen LogP contribution >= 0.6 is 11.6 Å². The fourth-order valence-electron chi connectivity index (χ4n) is 2.38. The molecule has 0 aliphatic heterocycles. The minimum Gasteiger partial charge on any atom is -0.495 e. The van der Waals surface area contributed by atoms with Gasteiger partial charge < -0.3 is 20.1 Å². The lowest BCUT2D eigenvalue weighted by atomic mass is 10.2. The highest BCUT2D eigenvalue weighted by Crippen LogP contribution is 2.33. The lowest BCUT2D eigenvalue weighted by molar-refractivity contribution is -0.147. The van der Waals surface area contributed by atoms with Crippen molar-refractivity contribution < 1.29 is 37.0 Å². The summed E-state index contributed by atoms with van der Waals surface area (Å²) < 4.78 is 48.1. The van der Waals surface area contributed by atoms with E-state index in [-0.39, 0.29) is 23.6 Å². The molecule has 0 aromatic heterocycles. The number of carbonyl (C=O) groups is 3. The summed E-state index contributed by atoms with van der Waals surface area (Å²) in [7, 11) is 1.44. The van der Waals surface area contributed by atoms with Crippen LogP contribution in [0.5, 0.6) is 5.75 Å². The summed E-state index contributed by atoms with van der Waals surface area (Å²) in [5.74, 6) is -1.74. The SMILES string of the molecule is COc1ccccc1NC(=O)CCC(=O)OCC(=O)Nc1cc(C(F)(F)F)ccc1Cl. The van der Waals surface area contributed by atoms with Gasteiger partial charge in [-0.3, -0.25) is 14.4 Å². The van der Waals surface area contributed by atoms with Crippen molar-refractivity contribution in [3.63, 3.8) is 0 Å². The van der Waals surface area contributed by atoms with Gasteiger partial charge in [0.2, 0.25) is 5.91 Å². The molecule has 2 amide bonds. The molecular formula is C20H18ClF3N2O5. The third kappa shape index (κ3) is 7.49. The number of rotatable bonds is 8. The molecule has 31 heavy (non-hydrogen) atoms. The van der Waals surface area contributed by atoms with Crippen LogP contribution in [0.2, 0.25) is 5.02 Å². The van der Waals surface area contributed by atoms with Crippen molar-refractivity contribution in [3.8, 4) is 5.75 Å². The standard InChI is InChI=1S/C20H18ClF3N2O5/c1-30-16-5-3-2-4-14(16)25-17(27)8-9-19(29)31-11-18(28)26-15-10-12(20(22,23)24)6-7-13(15)21/h2-7,10H,8-9,11H2,1H3,(H,25,27)(H,26,28). The van der Waals surface area contributed by atoms with Crippen molar-refractivity contribution >= 4 is 40.8 Å². The molecule has 2 N–H and O–H groups in total. The number of amides is 2. The number of carbonyl (C=O) groups excluding carboxylic acids is 3. The molecule has 0 aliphatic rings. The molecule has 2 aromatic carbocycles. The van der Waals surface area contributed by atoms with Gasteiger partial charge in [0, 0.05) is 6.42 Å². The first-order valence-electron chi connectivity index (χ1n) is 8.85. The summed E-state index contributed by atoms with van der Waals surface area (Å²) in [4.78, 5) is 35.6. The first-order chi connectivity index (χ1) is 14.6. The molecule has 0 unspecified atom stereocenters. The molecule has 0 saturated carbocycles. The molecule has 166 valence electrons. The Kier molecular flexibility index (Phi) is 8.26. The second-order valence-corrected chi connectivity index (χ2v) is 6.56. The summed E-state index contributed by atoms with van der Waals surface area (Å²) in [6, 6.07) is 9.13. The second kappa shape index (κ2) is 10.7. The zero-order chi connectivity index (χ0) is 23.0. The Bertz CT molecular complexity index is 966. The minimum atomic E-state index is -4.61. The van der Waals surface area contributed by atoms with E-state index in [1.807, 2.05) is 0 Å². The molecule has 0 bridgehead atoms. The molecule has 0 atom stereocenters. The van der Waals surface area contributed by atoms with Gasteiger partial charge in [0.1, 0.15) is 5.75 Å². The zero-order valence-electron chi connectivity index (χ0n) is 16.2. The molecule has 0 heterocycles. The summed E-state index contributed by atoms with van der Waals surface area (Å²) in [5.41, 5.74) is -0.834. The quantitative estimate of drug-likeness (QED) is 0.576. The Morgan fingerprint density at radius 2 is 1.65 bits per heavy atom. The predicted molar refractivity (Wildman–Crippen MR) is 107 cm³/mol. The fourth-order valence-corrected chi connectivity index (χ4v) is 2.54. The Labute approximate surface area is 180 Å². The number of nitrogens with one attached hydrogen (secondary N) is 2. The molecule has 0 saturated heterocycles. The van der Waals surface area contributed by atoms with Crippen LogP contribution in [-0.2, 0) is 25.3 Å². The van der Waals surface area contributed by atoms with Crippen molar-refractivity contribution in [2.45, 2.75) is 19.0 Å². The molecule has 0 radical (unpaired) electrons. The second-order valence-electron chi connectivity index (χ2n) is 6.15. The van der Waals surface area contributed by atoms with Crippen molar-refractivity contribution in [3.05, 3.63) is 53.1 Å². The van der Waals surface area contributed by atoms with Gasteiger partial charge in [0.25, 0.3) is 5.91 Å². The first-order valence-corrected chi connectivity index (χ1v) is 9.23. The third-order valence-electron chi connectivity index (χ3n) is 3.87. The first kappa shape index (κ1) is 24.0. The smallest absolute Gasteiger partial charge is 0.416 e. The van der Waals surface area contributed by atoms with Gasteiger partial charge in [0.05, 0.1) is 35.5 Å². The van der Waals surface area contributed by atoms with Crippen molar-refractivity contribution in [1.82, 2.24) is 0 Å². The number of benzene rings is 2. The Morgan fingerprint density at radius 1 is 0.968 bits per heavy atom. The molecule has 0 spiro atoms. The van der Waals surface area contributed by atoms with Crippen molar-refractivity contribution in [2.24, 2.45) is 0 Å². The molecule has 2 rings (SSSR count). The van der Waals surface area contributed by atoms with Gasteiger partial charge in [-0.1, -0.05) is 23.7 Å². The van der Waals surface area contributed by atoms with Crippen LogP contribution in [0, 0.1) is 0 Å². The van der Waals surface area contributed by atoms with Gasteiger partial charge in [0.15, 0.2) is 6.61 Å². The third-order valence-corrected chi connectivity index (χ3v) is 4.20. The lowest BCUT2D eigenvalue weighted by Crippen LogP contribution is -2.22. The van der Waals surface area contributed by atoms with Gasteiger partial charge >= 0.3 is 12.1 Å². The lowest BCUT2D eigenvalue weighted by Gasteiger charge is -2.12. The molecule has 0 aliphatic carbocycles. The van der Waals surface area contributed by atoms with Crippen LogP contribution in [-0.4, -0.2) is 31.5 Å². The monoisotopic (exact) mass is 458 g/mol. The van der Waals surface area contributed by atoms with E-state index in [0.29, 0.717) is 17.5 Å². The maximum absolute atomic E-state index is 12.8. The van der Waals surface area contributed by atoms with E-state index in [0.717, 1.165) is 12.1 Å². The van der Waals surface area contributed by atoms with E-state index in [4.69, 9.17) is 21.1 Å². The summed E-state index contributed by atoms with van der Waals surface area (Å²) in [5, 5.41) is 4.62. The summed E-state index contributed by atoms with van der Waals surface area (Å²) in [6.07, 6.45) is -5.13. The van der Waals surface area contributed by atoms with E-state index in [2.05, 4.69) is 10.6 Å². The average Bonchev–Trinajstić information content (AvgIpc) is 2.72. The molecule has 2 aromatic rings. The molecule has 11 heteroatoms. The van der Waals surface area contributed by atoms with Crippen LogP contribution < -0.4 is 15.4 Å². The summed E-state index contributed by atoms with van der Waals surface area (Å²) >= 11 is 5.78. The molecule has 0 fully saturated rings. The van der Waals surface area contributed by atoms with Crippen molar-refractivity contribution in [1.29, 1.82) is 0 Å². The van der Waals surface area contributed by atoms with Crippen LogP contribution in [0.4, 0.5) is 24.5 Å². The van der Waals surface area contributed by atoms with Crippen LogP contribution in [0.25, 0.3) is 0 Å². The van der Waals surface area contributed by atoms with E-state index < -0.39 is 36.1 Å². The van der Waals surface area contributed by atoms with Crippen molar-refractivity contribution in [2.75, 3.05) is 24.4 Å². The predicted octanol–water partition coefficient (Wildman–Crippen LogP) is 4.27. The van der Waals surface area contributed by atoms with Crippen LogP contribution in [0.3, 0.4) is 0 Å². The zero-order valence-corrected chi connectivity index (χ0v) is 17.0. The van der Waals surface area contributed by atoms with E-state index in [1.165, 1.54) is 7.11 Å². The number of hydrogen-bond acceptors (Lipinski definition) is 5. The van der Waals surface area contributed by atoms with Crippen LogP contribution in [0.1, 0.15) is 18.4 Å². The summed E-state index contributed by atoms with van der Waals surface area (Å²) in [6.45, 7) is -0.750. The number of alkyl halides is 3. The molecule has 7 nitrogen and oxygen atoms in total. The Balaban J connectivity index is 1.80. The highest BCUT2D eigenvalue weighted by molar-refractivity contribution is 6.33. The number of anilines is 2. The van der Waals surface area contributed by atoms with Crippen LogP contribution in [0.15, 0.2) is 42.5 Å². The van der Waals surface area contributed by atoms with E-state index in [1.54, 1.807) is 24.3 Å². The Morgan fingerprint density at radius 3 is 2.32 bits per heavy atom. The number of para-hydroxylation sites is 2. The number of esters is 1. The van der Waals surface area contributed by atoms with Gasteiger partial charge in [-0.05, 0) is 30.3 Å². The minimum absolute atomic E-state index is 0.110. The normalized spacial score (nSPS) is 10.9.